The van der Waals surface area contributed by atoms with E-state index in [1.54, 1.807) is 6.07 Å². The molecule has 3 aromatic rings. The summed E-state index contributed by atoms with van der Waals surface area (Å²) in [5.41, 5.74) is 1.26. The van der Waals surface area contributed by atoms with Crippen LogP contribution in [-0.4, -0.2) is 17.7 Å². The fourth-order valence-electron chi connectivity index (χ4n) is 2.53. The third kappa shape index (κ3) is 4.42. The number of carbonyl (C=O) groups excluding carboxylic acids is 1. The molecule has 1 heterocycles. The molecular formula is C20H18O6. The molecule has 0 atom stereocenters. The van der Waals surface area contributed by atoms with Crippen LogP contribution in [0.4, 0.5) is 0 Å². The van der Waals surface area contributed by atoms with E-state index < -0.39 is 11.6 Å². The Morgan fingerprint density at radius 1 is 1.15 bits per heavy atom. The second kappa shape index (κ2) is 7.74. The number of benzene rings is 2. The fraction of sp³-hybridized carbons (Fsp3) is 0.200. The first-order valence-electron chi connectivity index (χ1n) is 8.12. The van der Waals surface area contributed by atoms with E-state index in [4.69, 9.17) is 13.9 Å². The third-order valence-electron chi connectivity index (χ3n) is 3.77. The van der Waals surface area contributed by atoms with Crippen LogP contribution in [0.3, 0.4) is 0 Å². The zero-order chi connectivity index (χ0) is 18.5. The van der Waals surface area contributed by atoms with Gasteiger partial charge in [-0.05, 0) is 36.8 Å². The first kappa shape index (κ1) is 17.5. The number of phenolic OH excluding ortho intramolecular Hbond substituents is 1. The average Bonchev–Trinajstić information content (AvgIpc) is 2.59. The molecule has 0 aliphatic rings. The molecule has 0 unspecified atom stereocenters. The molecule has 1 N–H and O–H groups in total. The summed E-state index contributed by atoms with van der Waals surface area (Å²) in [5.74, 6) is 0.255. The van der Waals surface area contributed by atoms with Crippen molar-refractivity contribution >= 4 is 16.9 Å². The van der Waals surface area contributed by atoms with Crippen molar-refractivity contribution in [1.82, 2.24) is 0 Å². The quantitative estimate of drug-likeness (QED) is 0.540. The average molecular weight is 354 g/mol. The molecule has 1 aromatic heterocycles. The van der Waals surface area contributed by atoms with Crippen LogP contribution in [0.25, 0.3) is 11.0 Å². The van der Waals surface area contributed by atoms with Crippen molar-refractivity contribution in [3.8, 4) is 11.5 Å². The van der Waals surface area contributed by atoms with Gasteiger partial charge in [-0.15, -0.1) is 0 Å². The number of carbonyl (C=O) groups is 1. The number of aryl methyl sites for hydroxylation is 1. The number of hydrogen-bond acceptors (Lipinski definition) is 6. The molecule has 26 heavy (non-hydrogen) atoms. The summed E-state index contributed by atoms with van der Waals surface area (Å²) in [6.45, 7) is 2.10. The monoisotopic (exact) mass is 354 g/mol. The molecule has 2 aromatic carbocycles. The van der Waals surface area contributed by atoms with Crippen LogP contribution in [-0.2, 0) is 16.1 Å². The summed E-state index contributed by atoms with van der Waals surface area (Å²) in [6, 6.07) is 13.3. The van der Waals surface area contributed by atoms with Gasteiger partial charge in [-0.2, -0.15) is 0 Å². The van der Waals surface area contributed by atoms with Crippen molar-refractivity contribution < 1.29 is 23.8 Å². The molecular weight excluding hydrogens is 336 g/mol. The van der Waals surface area contributed by atoms with Gasteiger partial charge < -0.3 is 19.0 Å². The van der Waals surface area contributed by atoms with Crippen molar-refractivity contribution in [3.05, 3.63) is 70.1 Å². The van der Waals surface area contributed by atoms with E-state index in [9.17, 15) is 14.7 Å². The molecule has 0 saturated carbocycles. The lowest BCUT2D eigenvalue weighted by atomic mass is 10.1. The van der Waals surface area contributed by atoms with Gasteiger partial charge in [-0.25, -0.2) is 4.79 Å². The second-order valence-electron chi connectivity index (χ2n) is 5.85. The Morgan fingerprint density at radius 3 is 2.81 bits per heavy atom. The van der Waals surface area contributed by atoms with Gasteiger partial charge in [0.1, 0.15) is 23.7 Å². The van der Waals surface area contributed by atoms with Crippen molar-refractivity contribution in [1.29, 1.82) is 0 Å². The molecule has 0 radical (unpaired) electrons. The van der Waals surface area contributed by atoms with Crippen LogP contribution in [0.2, 0.25) is 0 Å². The predicted molar refractivity (Wildman–Crippen MR) is 95.2 cm³/mol. The van der Waals surface area contributed by atoms with E-state index in [-0.39, 0.29) is 31.0 Å². The van der Waals surface area contributed by atoms with Gasteiger partial charge in [0.15, 0.2) is 0 Å². The highest BCUT2D eigenvalue weighted by molar-refractivity contribution is 5.81. The summed E-state index contributed by atoms with van der Waals surface area (Å²) < 4.78 is 15.8. The van der Waals surface area contributed by atoms with E-state index in [1.165, 1.54) is 18.2 Å². The molecule has 134 valence electrons. The lowest BCUT2D eigenvalue weighted by Gasteiger charge is -2.09. The number of hydrogen-bond donors (Lipinski definition) is 1. The minimum atomic E-state index is -0.572. The van der Waals surface area contributed by atoms with Crippen molar-refractivity contribution in [2.45, 2.75) is 20.0 Å². The van der Waals surface area contributed by atoms with Gasteiger partial charge in [0.25, 0.3) is 0 Å². The Morgan fingerprint density at radius 2 is 2.00 bits per heavy atom. The Kier molecular flexibility index (Phi) is 5.22. The summed E-state index contributed by atoms with van der Waals surface area (Å²) >= 11 is 0. The number of aromatic hydroxyl groups is 1. The van der Waals surface area contributed by atoms with E-state index >= 15 is 0 Å². The van der Waals surface area contributed by atoms with Gasteiger partial charge in [-0.3, -0.25) is 4.79 Å². The molecule has 0 fully saturated rings. The standard InChI is InChI=1S/C20H18O6/c1-13-3-2-4-16(9-13)24-8-7-19(22)25-12-14-10-20(23)26-18-11-15(21)5-6-17(14)18/h2-6,9-11,21H,7-8,12H2,1H3. The normalized spacial score (nSPS) is 10.7. The van der Waals surface area contributed by atoms with Crippen LogP contribution in [0.15, 0.2) is 57.7 Å². The van der Waals surface area contributed by atoms with Crippen molar-refractivity contribution in [2.75, 3.05) is 6.61 Å². The highest BCUT2D eigenvalue weighted by Gasteiger charge is 2.10. The first-order chi connectivity index (χ1) is 12.5. The van der Waals surface area contributed by atoms with E-state index in [1.807, 2.05) is 31.2 Å². The maximum atomic E-state index is 11.9. The van der Waals surface area contributed by atoms with Gasteiger partial charge >= 0.3 is 11.6 Å². The summed E-state index contributed by atoms with van der Waals surface area (Å²) in [4.78, 5) is 23.5. The lowest BCUT2D eigenvalue weighted by molar-refractivity contribution is -0.145. The maximum absolute atomic E-state index is 11.9. The number of ether oxygens (including phenoxy) is 2. The molecule has 6 nitrogen and oxygen atoms in total. The first-order valence-corrected chi connectivity index (χ1v) is 8.12. The topological polar surface area (TPSA) is 86.0 Å². The van der Waals surface area contributed by atoms with Crippen LogP contribution >= 0.6 is 0 Å². The highest BCUT2D eigenvalue weighted by Crippen LogP contribution is 2.22. The summed E-state index contributed by atoms with van der Waals surface area (Å²) in [7, 11) is 0. The Bertz CT molecular complexity index is 989. The fourth-order valence-corrected chi connectivity index (χ4v) is 2.53. The van der Waals surface area contributed by atoms with Gasteiger partial charge in [0.05, 0.1) is 13.0 Å². The molecule has 0 aliphatic heterocycles. The molecule has 0 aliphatic carbocycles. The van der Waals surface area contributed by atoms with Crippen LogP contribution in [0.5, 0.6) is 11.5 Å². The lowest BCUT2D eigenvalue weighted by Crippen LogP contribution is -2.11. The second-order valence-corrected chi connectivity index (χ2v) is 5.85. The van der Waals surface area contributed by atoms with Crippen molar-refractivity contribution in [2.24, 2.45) is 0 Å². The Balaban J connectivity index is 1.58. The van der Waals surface area contributed by atoms with E-state index in [0.29, 0.717) is 16.7 Å². The zero-order valence-corrected chi connectivity index (χ0v) is 14.2. The van der Waals surface area contributed by atoms with Crippen LogP contribution in [0.1, 0.15) is 17.5 Å². The predicted octanol–water partition coefficient (Wildman–Crippen LogP) is 3.32. The molecule has 0 spiro atoms. The molecule has 6 heteroatoms. The number of rotatable bonds is 6. The summed E-state index contributed by atoms with van der Waals surface area (Å²) in [6.07, 6.45) is 0.0914. The maximum Gasteiger partial charge on any atom is 0.336 e. The SMILES string of the molecule is Cc1cccc(OCCC(=O)OCc2cc(=O)oc3cc(O)ccc23)c1. The van der Waals surface area contributed by atoms with Gasteiger partial charge in [0, 0.05) is 23.1 Å². The Hall–Kier alpha value is -3.28. The number of fused-ring (bicyclic) bond motifs is 1. The van der Waals surface area contributed by atoms with Gasteiger partial charge in [-0.1, -0.05) is 12.1 Å². The molecule has 0 amide bonds. The van der Waals surface area contributed by atoms with Crippen molar-refractivity contribution in [3.63, 3.8) is 0 Å². The minimum absolute atomic E-state index is 0.0110. The Labute approximate surface area is 149 Å². The highest BCUT2D eigenvalue weighted by atomic mass is 16.5. The molecule has 3 rings (SSSR count). The largest absolute Gasteiger partial charge is 0.508 e. The molecule has 0 bridgehead atoms. The minimum Gasteiger partial charge on any atom is -0.508 e. The zero-order valence-electron chi connectivity index (χ0n) is 14.2. The molecule has 0 saturated heterocycles. The number of phenols is 1. The van der Waals surface area contributed by atoms with E-state index in [2.05, 4.69) is 0 Å². The van der Waals surface area contributed by atoms with Crippen LogP contribution < -0.4 is 10.4 Å². The van der Waals surface area contributed by atoms with Gasteiger partial charge in [0.2, 0.25) is 0 Å². The smallest absolute Gasteiger partial charge is 0.336 e. The third-order valence-corrected chi connectivity index (χ3v) is 3.77. The summed E-state index contributed by atoms with van der Waals surface area (Å²) in [5, 5.41) is 10.1. The number of esters is 1. The van der Waals surface area contributed by atoms with Crippen LogP contribution in [0, 0.1) is 6.92 Å². The van der Waals surface area contributed by atoms with E-state index in [0.717, 1.165) is 5.56 Å².